The Hall–Kier alpha value is -1.88. The third-order valence-corrected chi connectivity index (χ3v) is 4.40. The Bertz CT molecular complexity index is 701. The minimum atomic E-state index is -0.387. The van der Waals surface area contributed by atoms with Crippen molar-refractivity contribution >= 4 is 17.3 Å². The fourth-order valence-corrected chi connectivity index (χ4v) is 3.17. The topological polar surface area (TPSA) is 45.1 Å². The largest absolute Gasteiger partial charge is 0.392 e. The fraction of sp³-hybridized carbons (Fsp3) is 0.350. The van der Waals surface area contributed by atoms with Gasteiger partial charge in [0.05, 0.1) is 11.8 Å². The molecule has 0 amide bonds. The molecule has 0 aromatic heterocycles. The first-order chi connectivity index (χ1) is 12.1. The predicted molar refractivity (Wildman–Crippen MR) is 101 cm³/mol. The molecule has 0 saturated heterocycles. The van der Waals surface area contributed by atoms with Gasteiger partial charge in [-0.2, -0.15) is 0 Å². The highest BCUT2D eigenvalue weighted by molar-refractivity contribution is 6.30. The van der Waals surface area contributed by atoms with Crippen LogP contribution >= 0.6 is 11.6 Å². The molecule has 2 atom stereocenters. The van der Waals surface area contributed by atoms with Crippen molar-refractivity contribution in [3.05, 3.63) is 70.7 Å². The van der Waals surface area contributed by atoms with E-state index in [9.17, 15) is 5.11 Å². The lowest BCUT2D eigenvalue weighted by molar-refractivity contribution is 0.0351. The highest BCUT2D eigenvalue weighted by Gasteiger charge is 2.25. The van der Waals surface area contributed by atoms with E-state index in [1.807, 2.05) is 49.4 Å². The van der Waals surface area contributed by atoms with Crippen molar-refractivity contribution in [1.29, 1.82) is 0 Å². The van der Waals surface area contributed by atoms with Crippen LogP contribution in [-0.2, 0) is 11.4 Å². The maximum atomic E-state index is 9.81. The molecule has 25 heavy (non-hydrogen) atoms. The smallest absolute Gasteiger partial charge is 0.145 e. The van der Waals surface area contributed by atoms with Crippen LogP contribution in [0.4, 0.5) is 0 Å². The first-order valence-electron chi connectivity index (χ1n) is 8.53. The zero-order chi connectivity index (χ0) is 17.6. The van der Waals surface area contributed by atoms with E-state index >= 15 is 0 Å². The van der Waals surface area contributed by atoms with Gasteiger partial charge in [-0.1, -0.05) is 59.2 Å². The maximum Gasteiger partial charge on any atom is 0.145 e. The number of benzene rings is 2. The molecular formula is C20H23ClN2O2. The second-order valence-electron chi connectivity index (χ2n) is 6.51. The minimum absolute atomic E-state index is 0.00635. The van der Waals surface area contributed by atoms with Gasteiger partial charge in [0.1, 0.15) is 6.10 Å². The number of aliphatic hydroxyl groups excluding tert-OH is 1. The molecule has 0 spiro atoms. The van der Waals surface area contributed by atoms with E-state index in [-0.39, 0.29) is 12.2 Å². The van der Waals surface area contributed by atoms with E-state index in [1.165, 1.54) is 5.56 Å². The Morgan fingerprint density at radius 3 is 2.60 bits per heavy atom. The molecule has 0 saturated carbocycles. The van der Waals surface area contributed by atoms with Crippen molar-refractivity contribution in [2.45, 2.75) is 32.1 Å². The highest BCUT2D eigenvalue weighted by Crippen LogP contribution is 2.20. The van der Waals surface area contributed by atoms with Crippen molar-refractivity contribution in [3.63, 3.8) is 0 Å². The van der Waals surface area contributed by atoms with Crippen LogP contribution in [0.15, 0.2) is 59.8 Å². The van der Waals surface area contributed by atoms with Gasteiger partial charge in [0.15, 0.2) is 0 Å². The molecule has 2 aromatic carbocycles. The van der Waals surface area contributed by atoms with E-state index in [2.05, 4.69) is 22.2 Å². The molecule has 1 N–H and O–H groups in total. The van der Waals surface area contributed by atoms with Gasteiger partial charge >= 0.3 is 0 Å². The van der Waals surface area contributed by atoms with Gasteiger partial charge < -0.3 is 9.94 Å². The number of aliphatic hydroxyl groups is 1. The molecule has 1 aliphatic rings. The van der Waals surface area contributed by atoms with Crippen molar-refractivity contribution < 1.29 is 9.94 Å². The van der Waals surface area contributed by atoms with Gasteiger partial charge in [-0.05, 0) is 30.2 Å². The fourth-order valence-electron chi connectivity index (χ4n) is 3.05. The summed E-state index contributed by atoms with van der Waals surface area (Å²) in [5, 5.41) is 14.8. The van der Waals surface area contributed by atoms with Crippen LogP contribution in [-0.4, -0.2) is 41.0 Å². The molecule has 1 aliphatic heterocycles. The number of oxime groups is 1. The zero-order valence-electron chi connectivity index (χ0n) is 14.3. The molecule has 132 valence electrons. The third-order valence-electron chi connectivity index (χ3n) is 4.14. The number of hydrogen-bond acceptors (Lipinski definition) is 4. The van der Waals surface area contributed by atoms with Gasteiger partial charge in [-0.25, -0.2) is 0 Å². The normalized spacial score (nSPS) is 18.1. The summed E-state index contributed by atoms with van der Waals surface area (Å²) in [7, 11) is 0. The van der Waals surface area contributed by atoms with Crippen molar-refractivity contribution in [3.8, 4) is 0 Å². The summed E-state index contributed by atoms with van der Waals surface area (Å²) >= 11 is 5.94. The van der Waals surface area contributed by atoms with Gasteiger partial charge in [0, 0.05) is 31.1 Å². The van der Waals surface area contributed by atoms with E-state index in [0.29, 0.717) is 11.6 Å². The second kappa shape index (κ2) is 8.48. The number of rotatable bonds is 7. The summed E-state index contributed by atoms with van der Waals surface area (Å²) in [5.74, 6) is 0. The molecule has 2 aromatic rings. The van der Waals surface area contributed by atoms with Crippen LogP contribution in [0.3, 0.4) is 0 Å². The monoisotopic (exact) mass is 358 g/mol. The second-order valence-corrected chi connectivity index (χ2v) is 6.94. The summed E-state index contributed by atoms with van der Waals surface area (Å²) in [5.41, 5.74) is 3.20. The lowest BCUT2D eigenvalue weighted by atomic mass is 10.0. The maximum absolute atomic E-state index is 9.81. The molecule has 0 bridgehead atoms. The summed E-state index contributed by atoms with van der Waals surface area (Å²) in [6.07, 6.45) is 0.363. The highest BCUT2D eigenvalue weighted by atomic mass is 35.5. The predicted octanol–water partition coefficient (Wildman–Crippen LogP) is 3.72. The number of halogens is 1. The van der Waals surface area contributed by atoms with Crippen LogP contribution in [0.5, 0.6) is 0 Å². The lowest BCUT2D eigenvalue weighted by Gasteiger charge is -2.25. The molecule has 0 aliphatic carbocycles. The summed E-state index contributed by atoms with van der Waals surface area (Å²) in [4.78, 5) is 7.84. The Labute approximate surface area is 153 Å². The molecular weight excluding hydrogens is 336 g/mol. The zero-order valence-corrected chi connectivity index (χ0v) is 15.1. The number of nitrogens with zero attached hydrogens (tertiary/aromatic N) is 2. The van der Waals surface area contributed by atoms with Crippen molar-refractivity contribution in [2.24, 2.45) is 5.16 Å². The lowest BCUT2D eigenvalue weighted by Crippen LogP contribution is -2.37. The van der Waals surface area contributed by atoms with E-state index in [1.54, 1.807) is 0 Å². The first kappa shape index (κ1) is 17.9. The molecule has 0 unspecified atom stereocenters. The molecule has 5 heteroatoms. The molecule has 4 nitrogen and oxygen atoms in total. The average molecular weight is 359 g/mol. The quantitative estimate of drug-likeness (QED) is 0.820. The van der Waals surface area contributed by atoms with Crippen LogP contribution in [0, 0.1) is 0 Å². The van der Waals surface area contributed by atoms with E-state index in [0.717, 1.165) is 30.8 Å². The van der Waals surface area contributed by atoms with Crippen LogP contribution in [0.25, 0.3) is 0 Å². The third kappa shape index (κ3) is 5.30. The van der Waals surface area contributed by atoms with Crippen molar-refractivity contribution in [1.82, 2.24) is 4.90 Å². The molecule has 0 fully saturated rings. The van der Waals surface area contributed by atoms with E-state index < -0.39 is 0 Å². The SMILES string of the molecule is C[C@H](O)CN(Cc1ccccc1)C[C@@H]1CC(c2ccc(Cl)cc2)=NO1. The van der Waals surface area contributed by atoms with Crippen LogP contribution < -0.4 is 0 Å². The molecule has 3 rings (SSSR count). The molecule has 0 radical (unpaired) electrons. The average Bonchev–Trinajstić information content (AvgIpc) is 3.04. The van der Waals surface area contributed by atoms with Gasteiger partial charge in [0.2, 0.25) is 0 Å². The van der Waals surface area contributed by atoms with Gasteiger partial charge in [0.25, 0.3) is 0 Å². The van der Waals surface area contributed by atoms with E-state index in [4.69, 9.17) is 16.4 Å². The Balaban J connectivity index is 1.60. The minimum Gasteiger partial charge on any atom is -0.392 e. The van der Waals surface area contributed by atoms with Crippen LogP contribution in [0.2, 0.25) is 5.02 Å². The standard InChI is InChI=1S/C20H23ClN2O2/c1-15(24)12-23(13-16-5-3-2-4-6-16)14-19-11-20(22-25-19)17-7-9-18(21)10-8-17/h2-10,15,19,24H,11-14H2,1H3/t15-,19-/m0/s1. The summed E-state index contributed by atoms with van der Waals surface area (Å²) in [6.45, 7) is 3.91. The molecule has 1 heterocycles. The van der Waals surface area contributed by atoms with Crippen molar-refractivity contribution in [2.75, 3.05) is 13.1 Å². The Morgan fingerprint density at radius 1 is 1.20 bits per heavy atom. The summed E-state index contributed by atoms with van der Waals surface area (Å²) < 4.78 is 0. The first-order valence-corrected chi connectivity index (χ1v) is 8.91. The Morgan fingerprint density at radius 2 is 1.92 bits per heavy atom. The van der Waals surface area contributed by atoms with Gasteiger partial charge in [-0.15, -0.1) is 0 Å². The summed E-state index contributed by atoms with van der Waals surface area (Å²) in [6, 6.07) is 17.9. The Kier molecular flexibility index (Phi) is 6.08. The van der Waals surface area contributed by atoms with Crippen LogP contribution in [0.1, 0.15) is 24.5 Å². The number of hydrogen-bond donors (Lipinski definition) is 1. The van der Waals surface area contributed by atoms with Gasteiger partial charge in [-0.3, -0.25) is 4.90 Å².